The molecule has 0 saturated carbocycles. The van der Waals surface area contributed by atoms with E-state index in [0.29, 0.717) is 25.3 Å². The van der Waals surface area contributed by atoms with Crippen LogP contribution in [0, 0.1) is 5.82 Å². The lowest BCUT2D eigenvalue weighted by Crippen LogP contribution is -2.10. The molecule has 0 saturated heterocycles. The van der Waals surface area contributed by atoms with Crippen molar-refractivity contribution in [3.63, 3.8) is 0 Å². The van der Waals surface area contributed by atoms with Gasteiger partial charge in [-0.05, 0) is 19.1 Å². The van der Waals surface area contributed by atoms with Crippen LogP contribution in [0.3, 0.4) is 0 Å². The number of hydrogen-bond acceptors (Lipinski definition) is 3. The van der Waals surface area contributed by atoms with E-state index >= 15 is 0 Å². The minimum Gasteiger partial charge on any atom is -0.372 e. The molecule has 0 aliphatic carbocycles. The van der Waals surface area contributed by atoms with Gasteiger partial charge in [0.1, 0.15) is 17.9 Å². The molecule has 0 amide bonds. The smallest absolute Gasteiger partial charge is 0.151 e. The van der Waals surface area contributed by atoms with Gasteiger partial charge in [0.05, 0.1) is 12.1 Å². The molecule has 92 valence electrons. The molecule has 1 aromatic carbocycles. The second-order valence-corrected chi connectivity index (χ2v) is 3.72. The standard InChI is InChI=1S/C12H16FN3O/c1-2-16-10-5-3-4-9(13)12(10)15-11(16)8-17-7-6-14/h3-5H,2,6-8,14H2,1H3. The van der Waals surface area contributed by atoms with Gasteiger partial charge in [-0.15, -0.1) is 0 Å². The van der Waals surface area contributed by atoms with E-state index in [1.165, 1.54) is 6.07 Å². The number of fused-ring (bicyclic) bond motifs is 1. The van der Waals surface area contributed by atoms with Crippen LogP contribution in [0.25, 0.3) is 11.0 Å². The summed E-state index contributed by atoms with van der Waals surface area (Å²) in [7, 11) is 0. The summed E-state index contributed by atoms with van der Waals surface area (Å²) in [5.41, 5.74) is 6.56. The number of aromatic nitrogens is 2. The zero-order valence-electron chi connectivity index (χ0n) is 9.82. The van der Waals surface area contributed by atoms with Gasteiger partial charge >= 0.3 is 0 Å². The van der Waals surface area contributed by atoms with E-state index in [1.807, 2.05) is 17.6 Å². The van der Waals surface area contributed by atoms with Crippen LogP contribution >= 0.6 is 0 Å². The fourth-order valence-electron chi connectivity index (χ4n) is 1.87. The SMILES string of the molecule is CCn1c(COCCN)nc2c(F)cccc21. The van der Waals surface area contributed by atoms with Crippen LogP contribution in [0.4, 0.5) is 4.39 Å². The van der Waals surface area contributed by atoms with Crippen molar-refractivity contribution in [3.8, 4) is 0 Å². The number of para-hydroxylation sites is 1. The van der Waals surface area contributed by atoms with Crippen molar-refractivity contribution >= 4 is 11.0 Å². The number of nitrogens with zero attached hydrogens (tertiary/aromatic N) is 2. The predicted molar refractivity (Wildman–Crippen MR) is 64.1 cm³/mol. The van der Waals surface area contributed by atoms with E-state index in [9.17, 15) is 4.39 Å². The zero-order chi connectivity index (χ0) is 12.3. The highest BCUT2D eigenvalue weighted by Crippen LogP contribution is 2.19. The molecule has 17 heavy (non-hydrogen) atoms. The fraction of sp³-hybridized carbons (Fsp3) is 0.417. The molecular weight excluding hydrogens is 221 g/mol. The summed E-state index contributed by atoms with van der Waals surface area (Å²) < 4.78 is 20.9. The Labute approximate surface area is 99.2 Å². The second kappa shape index (κ2) is 5.25. The highest BCUT2D eigenvalue weighted by atomic mass is 19.1. The number of nitrogens with two attached hydrogens (primary N) is 1. The number of imidazole rings is 1. The Bertz CT molecular complexity index is 510. The van der Waals surface area contributed by atoms with Crippen LogP contribution in [0.15, 0.2) is 18.2 Å². The molecule has 0 radical (unpaired) electrons. The number of rotatable bonds is 5. The lowest BCUT2D eigenvalue weighted by Gasteiger charge is -2.06. The monoisotopic (exact) mass is 237 g/mol. The van der Waals surface area contributed by atoms with Crippen molar-refractivity contribution in [1.29, 1.82) is 0 Å². The molecule has 2 aromatic rings. The van der Waals surface area contributed by atoms with Crippen molar-refractivity contribution in [2.75, 3.05) is 13.2 Å². The first-order valence-electron chi connectivity index (χ1n) is 5.69. The maximum Gasteiger partial charge on any atom is 0.151 e. The third-order valence-electron chi connectivity index (χ3n) is 2.62. The molecule has 0 spiro atoms. The maximum absolute atomic E-state index is 13.6. The third-order valence-corrected chi connectivity index (χ3v) is 2.62. The van der Waals surface area contributed by atoms with Crippen molar-refractivity contribution in [1.82, 2.24) is 9.55 Å². The average molecular weight is 237 g/mol. The average Bonchev–Trinajstić information content (AvgIpc) is 2.69. The van der Waals surface area contributed by atoms with Crippen molar-refractivity contribution in [2.24, 2.45) is 5.73 Å². The molecule has 1 aromatic heterocycles. The van der Waals surface area contributed by atoms with Crippen molar-refractivity contribution < 1.29 is 9.13 Å². The minimum absolute atomic E-state index is 0.297. The first-order chi connectivity index (χ1) is 8.27. The minimum atomic E-state index is -0.297. The van der Waals surface area contributed by atoms with Gasteiger partial charge in [-0.2, -0.15) is 0 Å². The molecule has 0 bridgehead atoms. The molecule has 0 atom stereocenters. The molecule has 0 unspecified atom stereocenters. The van der Waals surface area contributed by atoms with Gasteiger partial charge in [0.2, 0.25) is 0 Å². The number of hydrogen-bond donors (Lipinski definition) is 1. The quantitative estimate of drug-likeness (QED) is 0.805. The normalized spacial score (nSPS) is 11.2. The zero-order valence-corrected chi connectivity index (χ0v) is 9.82. The van der Waals surface area contributed by atoms with Gasteiger partial charge in [-0.25, -0.2) is 9.37 Å². The third kappa shape index (κ3) is 2.30. The highest BCUT2D eigenvalue weighted by Gasteiger charge is 2.12. The van der Waals surface area contributed by atoms with E-state index < -0.39 is 0 Å². The molecule has 1 heterocycles. The lowest BCUT2D eigenvalue weighted by atomic mass is 10.3. The molecule has 2 rings (SSSR count). The number of aryl methyl sites for hydroxylation is 1. The summed E-state index contributed by atoms with van der Waals surface area (Å²) >= 11 is 0. The predicted octanol–water partition coefficient (Wildman–Crippen LogP) is 1.67. The molecule has 0 fully saturated rings. The molecular formula is C12H16FN3O. The Morgan fingerprint density at radius 2 is 2.29 bits per heavy atom. The molecule has 0 aliphatic rings. The first-order valence-corrected chi connectivity index (χ1v) is 5.69. The van der Waals surface area contributed by atoms with E-state index in [0.717, 1.165) is 17.9 Å². The number of benzene rings is 1. The Morgan fingerprint density at radius 3 is 3.00 bits per heavy atom. The highest BCUT2D eigenvalue weighted by molar-refractivity contribution is 5.76. The number of ether oxygens (including phenoxy) is 1. The summed E-state index contributed by atoms with van der Waals surface area (Å²) in [6.07, 6.45) is 0. The van der Waals surface area contributed by atoms with Crippen LogP contribution in [0.1, 0.15) is 12.7 Å². The lowest BCUT2D eigenvalue weighted by molar-refractivity contribution is 0.120. The van der Waals surface area contributed by atoms with Crippen LogP contribution in [0.2, 0.25) is 0 Å². The van der Waals surface area contributed by atoms with Gasteiger partial charge in [-0.1, -0.05) is 6.07 Å². The Hall–Kier alpha value is -1.46. The number of halogens is 1. The Balaban J connectivity index is 2.38. The van der Waals surface area contributed by atoms with E-state index in [-0.39, 0.29) is 5.82 Å². The maximum atomic E-state index is 13.6. The fourth-order valence-corrected chi connectivity index (χ4v) is 1.87. The summed E-state index contributed by atoms with van der Waals surface area (Å²) in [5.74, 6) is 0.441. The second-order valence-electron chi connectivity index (χ2n) is 3.72. The Morgan fingerprint density at radius 1 is 1.47 bits per heavy atom. The van der Waals surface area contributed by atoms with Crippen molar-refractivity contribution in [3.05, 3.63) is 29.8 Å². The summed E-state index contributed by atoms with van der Waals surface area (Å²) in [5, 5.41) is 0. The van der Waals surface area contributed by atoms with Crippen LogP contribution < -0.4 is 5.73 Å². The van der Waals surface area contributed by atoms with Gasteiger partial charge < -0.3 is 15.0 Å². The molecule has 5 heteroatoms. The summed E-state index contributed by atoms with van der Waals surface area (Å²) in [6.45, 7) is 4.05. The summed E-state index contributed by atoms with van der Waals surface area (Å²) in [4.78, 5) is 4.28. The van der Waals surface area contributed by atoms with Gasteiger partial charge in [0.25, 0.3) is 0 Å². The largest absolute Gasteiger partial charge is 0.372 e. The van der Waals surface area contributed by atoms with E-state index in [2.05, 4.69) is 4.98 Å². The van der Waals surface area contributed by atoms with Gasteiger partial charge in [0.15, 0.2) is 5.82 Å². The molecule has 0 aliphatic heterocycles. The topological polar surface area (TPSA) is 53.1 Å². The van der Waals surface area contributed by atoms with Crippen LogP contribution in [0.5, 0.6) is 0 Å². The van der Waals surface area contributed by atoms with E-state index in [4.69, 9.17) is 10.5 Å². The van der Waals surface area contributed by atoms with Gasteiger partial charge in [-0.3, -0.25) is 0 Å². The van der Waals surface area contributed by atoms with Crippen LogP contribution in [-0.4, -0.2) is 22.7 Å². The van der Waals surface area contributed by atoms with Crippen LogP contribution in [-0.2, 0) is 17.9 Å². The van der Waals surface area contributed by atoms with Gasteiger partial charge in [0, 0.05) is 13.1 Å². The molecule has 2 N–H and O–H groups in total. The van der Waals surface area contributed by atoms with Crippen molar-refractivity contribution in [2.45, 2.75) is 20.1 Å². The van der Waals surface area contributed by atoms with E-state index in [1.54, 1.807) is 6.07 Å². The Kier molecular flexibility index (Phi) is 3.71. The first kappa shape index (κ1) is 12.0. The molecule has 4 nitrogen and oxygen atoms in total. The summed E-state index contributed by atoms with van der Waals surface area (Å²) in [6, 6.07) is 4.97.